The van der Waals surface area contributed by atoms with Crippen LogP contribution in [-0.4, -0.2) is 35.2 Å². The fourth-order valence-corrected chi connectivity index (χ4v) is 4.72. The summed E-state index contributed by atoms with van der Waals surface area (Å²) in [6, 6.07) is 4.65. The van der Waals surface area contributed by atoms with Crippen LogP contribution in [0.25, 0.3) is 0 Å². The molecule has 0 radical (unpaired) electrons. The Bertz CT molecular complexity index is 914. The number of carbonyl (C=O) groups is 2. The highest BCUT2D eigenvalue weighted by molar-refractivity contribution is 7.92. The molecule has 1 atom stereocenters. The van der Waals surface area contributed by atoms with Gasteiger partial charge in [-0.1, -0.05) is 39.8 Å². The maximum atomic E-state index is 12.2. The lowest BCUT2D eigenvalue weighted by molar-refractivity contribution is -0.154. The van der Waals surface area contributed by atoms with Crippen LogP contribution in [0.4, 0.5) is 4.79 Å². The number of nitrogens with one attached hydrogen (secondary N) is 1. The second-order valence-corrected chi connectivity index (χ2v) is 10.7. The molecular weight excluding hydrogens is 398 g/mol. The molecule has 0 bridgehead atoms. The zero-order chi connectivity index (χ0) is 21.0. The van der Waals surface area contributed by atoms with E-state index in [2.05, 4.69) is 9.02 Å². The molecule has 0 aromatic heterocycles. The van der Waals surface area contributed by atoms with Crippen LogP contribution in [0.15, 0.2) is 34.1 Å². The van der Waals surface area contributed by atoms with E-state index >= 15 is 0 Å². The molecule has 0 spiro atoms. The van der Waals surface area contributed by atoms with E-state index in [1.54, 1.807) is 12.4 Å². The van der Waals surface area contributed by atoms with E-state index < -0.39 is 47.7 Å². The molecule has 0 fully saturated rings. The Balaban J connectivity index is 2.82. The first-order chi connectivity index (χ1) is 12.1. The molecule has 9 nitrogen and oxygen atoms in total. The number of hydrogen-bond donors (Lipinski definition) is 1. The largest absolute Gasteiger partial charge is 0.456 e. The van der Waals surface area contributed by atoms with Crippen LogP contribution in [0.2, 0.25) is 0 Å². The minimum absolute atomic E-state index is 0.155. The summed E-state index contributed by atoms with van der Waals surface area (Å²) < 4.78 is 52.0. The fraction of sp³-hybridized carbons (Fsp3) is 0.500. The van der Waals surface area contributed by atoms with Gasteiger partial charge in [0.1, 0.15) is 4.90 Å². The zero-order valence-corrected chi connectivity index (χ0v) is 17.3. The highest BCUT2D eigenvalue weighted by Crippen LogP contribution is 2.25. The number of hydroxylamine groups is 1. The van der Waals surface area contributed by atoms with E-state index in [9.17, 15) is 26.4 Å². The van der Waals surface area contributed by atoms with Crippen molar-refractivity contribution >= 4 is 32.0 Å². The molecular formula is C16H23NO8S2. The Morgan fingerprint density at radius 3 is 2.07 bits per heavy atom. The molecule has 0 aliphatic carbocycles. The van der Waals surface area contributed by atoms with Crippen LogP contribution in [0, 0.1) is 11.3 Å². The Kier molecular flexibility index (Phi) is 7.00. The van der Waals surface area contributed by atoms with E-state index in [0.29, 0.717) is 6.42 Å². The lowest BCUT2D eigenvalue weighted by Crippen LogP contribution is -2.33. The molecule has 1 amide bonds. The smallest absolute Gasteiger partial charge is 0.338 e. The van der Waals surface area contributed by atoms with Gasteiger partial charge in [0.15, 0.2) is 9.84 Å². The van der Waals surface area contributed by atoms with Crippen molar-refractivity contribution in [3.63, 3.8) is 0 Å². The summed E-state index contributed by atoms with van der Waals surface area (Å²) in [5, 5.41) is 0. The quantitative estimate of drug-likeness (QED) is 0.564. The number of benzene rings is 1. The van der Waals surface area contributed by atoms with Gasteiger partial charge >= 0.3 is 22.2 Å². The Morgan fingerprint density at radius 2 is 1.59 bits per heavy atom. The van der Waals surface area contributed by atoms with Crippen molar-refractivity contribution in [3.05, 3.63) is 24.3 Å². The molecule has 11 heteroatoms. The topological polar surface area (TPSA) is 133 Å². The van der Waals surface area contributed by atoms with Gasteiger partial charge in [0.2, 0.25) is 0 Å². The van der Waals surface area contributed by atoms with Crippen LogP contribution >= 0.6 is 0 Å². The van der Waals surface area contributed by atoms with Crippen molar-refractivity contribution in [2.75, 3.05) is 6.26 Å². The molecule has 27 heavy (non-hydrogen) atoms. The normalized spacial score (nSPS) is 13.5. The predicted octanol–water partition coefficient (Wildman–Crippen LogP) is 2.04. The van der Waals surface area contributed by atoms with E-state index in [0.717, 1.165) is 18.4 Å². The maximum Gasteiger partial charge on any atom is 0.456 e. The van der Waals surface area contributed by atoms with Crippen molar-refractivity contribution in [2.24, 2.45) is 11.3 Å². The highest BCUT2D eigenvalue weighted by atomic mass is 32.2. The summed E-state index contributed by atoms with van der Waals surface area (Å²) in [4.78, 5) is 26.8. The van der Waals surface area contributed by atoms with Gasteiger partial charge in [0, 0.05) is 6.26 Å². The highest BCUT2D eigenvalue weighted by Gasteiger charge is 2.28. The number of sulfone groups is 1. The van der Waals surface area contributed by atoms with E-state index in [1.165, 1.54) is 12.1 Å². The third-order valence-corrected chi connectivity index (χ3v) is 5.81. The number of amides is 1. The molecule has 1 rings (SSSR count). The lowest BCUT2D eigenvalue weighted by atomic mass is 9.85. The van der Waals surface area contributed by atoms with Crippen molar-refractivity contribution in [1.29, 1.82) is 0 Å². The lowest BCUT2D eigenvalue weighted by Gasteiger charge is -2.21. The first kappa shape index (κ1) is 22.9. The Labute approximate surface area is 159 Å². The van der Waals surface area contributed by atoms with Crippen LogP contribution in [0.3, 0.4) is 0 Å². The average molecular weight is 421 g/mol. The zero-order valence-electron chi connectivity index (χ0n) is 15.7. The first-order valence-electron chi connectivity index (χ1n) is 7.88. The third kappa shape index (κ3) is 7.18. The number of rotatable bonds is 5. The van der Waals surface area contributed by atoms with E-state index in [-0.39, 0.29) is 5.41 Å². The molecule has 1 unspecified atom stereocenters. The molecule has 0 saturated heterocycles. The van der Waals surface area contributed by atoms with Crippen molar-refractivity contribution in [2.45, 2.75) is 43.9 Å². The summed E-state index contributed by atoms with van der Waals surface area (Å²) in [5.74, 6) is -1.32. The molecule has 0 aliphatic rings. The third-order valence-electron chi connectivity index (χ3n) is 3.26. The molecule has 152 valence electrons. The minimum Gasteiger partial charge on any atom is -0.338 e. The van der Waals surface area contributed by atoms with Gasteiger partial charge in [0.25, 0.3) is 0 Å². The standard InChI is InChI=1S/C16H23NO8S2/c1-11(10-16(2,3)4)14(18)24-17-15(19)25-27(22,23)13-9-7-6-8-12(13)26(5,20)21/h6-9,11H,10H2,1-5H3,(H,17,19). The summed E-state index contributed by atoms with van der Waals surface area (Å²) in [5.41, 5.74) is 1.44. The van der Waals surface area contributed by atoms with Crippen LogP contribution < -0.4 is 5.48 Å². The number of hydrogen-bond acceptors (Lipinski definition) is 8. The second-order valence-electron chi connectivity index (χ2n) is 7.23. The summed E-state index contributed by atoms with van der Waals surface area (Å²) >= 11 is 0. The van der Waals surface area contributed by atoms with Gasteiger partial charge in [-0.25, -0.2) is 18.0 Å². The van der Waals surface area contributed by atoms with Gasteiger partial charge in [-0.05, 0) is 24.0 Å². The average Bonchev–Trinajstić information content (AvgIpc) is 2.49. The van der Waals surface area contributed by atoms with Crippen LogP contribution in [0.5, 0.6) is 0 Å². The van der Waals surface area contributed by atoms with Crippen molar-refractivity contribution in [3.8, 4) is 0 Å². The predicted molar refractivity (Wildman–Crippen MR) is 95.7 cm³/mol. The number of carbonyl (C=O) groups excluding carboxylic acids is 2. The molecule has 1 aromatic carbocycles. The van der Waals surface area contributed by atoms with Crippen molar-refractivity contribution < 1.29 is 35.4 Å². The van der Waals surface area contributed by atoms with Gasteiger partial charge in [0.05, 0.1) is 10.8 Å². The summed E-state index contributed by atoms with van der Waals surface area (Å²) in [6.45, 7) is 7.36. The van der Waals surface area contributed by atoms with Gasteiger partial charge < -0.3 is 9.02 Å². The molecule has 1 N–H and O–H groups in total. The monoisotopic (exact) mass is 421 g/mol. The van der Waals surface area contributed by atoms with E-state index in [1.807, 2.05) is 20.8 Å². The SMILES string of the molecule is CC(CC(C)(C)C)C(=O)ONC(=O)OS(=O)(=O)c1ccccc1S(C)(=O)=O. The first-order valence-corrected chi connectivity index (χ1v) is 11.2. The van der Waals surface area contributed by atoms with Crippen LogP contribution in [-0.2, 0) is 33.8 Å². The molecule has 0 heterocycles. The Morgan fingerprint density at radius 1 is 1.07 bits per heavy atom. The second kappa shape index (κ2) is 8.26. The minimum atomic E-state index is -4.75. The van der Waals surface area contributed by atoms with Crippen LogP contribution in [0.1, 0.15) is 34.1 Å². The maximum absolute atomic E-state index is 12.2. The molecule has 0 saturated carbocycles. The summed E-state index contributed by atoms with van der Waals surface area (Å²) in [7, 11) is -8.64. The molecule has 0 aliphatic heterocycles. The molecule has 1 aromatic rings. The van der Waals surface area contributed by atoms with Gasteiger partial charge in [-0.3, -0.25) is 0 Å². The summed E-state index contributed by atoms with van der Waals surface area (Å²) in [6.07, 6.45) is -0.280. The fourth-order valence-electron chi connectivity index (χ4n) is 2.32. The van der Waals surface area contributed by atoms with Crippen molar-refractivity contribution in [1.82, 2.24) is 5.48 Å². The van der Waals surface area contributed by atoms with Gasteiger partial charge in [-0.2, -0.15) is 8.42 Å². The van der Waals surface area contributed by atoms with Gasteiger partial charge in [-0.15, -0.1) is 5.48 Å². The van der Waals surface area contributed by atoms with E-state index in [4.69, 9.17) is 0 Å². The Hall–Kier alpha value is -2.14.